The van der Waals surface area contributed by atoms with Crippen molar-refractivity contribution in [2.45, 2.75) is 164 Å². The van der Waals surface area contributed by atoms with Crippen LogP contribution in [0.4, 0.5) is 5.69 Å². The molecule has 0 spiro atoms. The molecular weight excluding hydrogens is 1150 g/mol. The van der Waals surface area contributed by atoms with Crippen LogP contribution in [0.3, 0.4) is 0 Å². The van der Waals surface area contributed by atoms with Crippen LogP contribution >= 0.6 is 0 Å². The first-order valence-electron chi connectivity index (χ1n) is 30.1. The maximum Gasteiger partial charge on any atom is 0.321 e. The van der Waals surface area contributed by atoms with E-state index in [9.17, 15) is 39.6 Å². The number of halogens is 1. The number of aromatic hydroxyl groups is 1. The van der Waals surface area contributed by atoms with Crippen LogP contribution in [0.15, 0.2) is 127 Å². The first-order valence-corrected chi connectivity index (χ1v) is 30.1. The Kier molecular flexibility index (Phi) is 19.3. The number of aliphatic hydroxyl groups excluding tert-OH is 3. The van der Waals surface area contributed by atoms with E-state index in [-0.39, 0.29) is 81.3 Å². The number of rotatable bonds is 17. The fraction of sp³-hybridized carbons (Fsp3) is 0.529. The summed E-state index contributed by atoms with van der Waals surface area (Å²) < 4.78 is 30.9. The van der Waals surface area contributed by atoms with Gasteiger partial charge in [0.2, 0.25) is 6.41 Å². The largest absolute Gasteiger partial charge is 1.00 e. The third-order valence-electron chi connectivity index (χ3n) is 20.8. The molecule has 4 aromatic carbocycles. The van der Waals surface area contributed by atoms with Crippen molar-refractivity contribution < 1.29 is 84.8 Å². The van der Waals surface area contributed by atoms with E-state index in [0.29, 0.717) is 62.1 Å². The molecule has 15 atom stereocenters. The molecule has 6 N–H and O–H groups in total. The molecular formula is C68H86BrN3O13. The van der Waals surface area contributed by atoms with Gasteiger partial charge in [-0.2, -0.15) is 0 Å². The predicted octanol–water partition coefficient (Wildman–Crippen LogP) is 5.24. The van der Waals surface area contributed by atoms with Gasteiger partial charge in [-0.3, -0.25) is 19.2 Å². The molecule has 458 valence electrons. The molecule has 2 bridgehead atoms. The molecule has 1 amide bonds. The number of aliphatic hydroxyl groups is 3. The SMILES string of the molecule is CC(C(=O)OC1CC2[C@@H]3O[C@H]3C(C1)[N+]2(C)C)(c1ccccc1)c1ccccc1.CCCC1O[C@@H]2C[C@H]3[C@@H]4CCC5=CC(=O)C=C[C@]5(C)[C@H]4[C@@H](O)C[C@]3(C)[C@]2(C(=O)CO)O1.COc1ccc(C[C@@H](C)NC[C@H](O)c2ccc(O)c(NC=O)c2)cc1.[Br-]. The van der Waals surface area contributed by atoms with E-state index in [1.807, 2.05) is 105 Å². The number of carbonyl (C=O) groups is 4. The molecule has 17 heteroatoms. The topological polar surface area (TPSA) is 223 Å². The summed E-state index contributed by atoms with van der Waals surface area (Å²) in [5.74, 6) is 0.659. The number of allylic oxidation sites excluding steroid dienone is 4. The maximum atomic E-state index is 13.6. The van der Waals surface area contributed by atoms with Crippen LogP contribution < -0.4 is 32.4 Å². The second-order valence-electron chi connectivity index (χ2n) is 25.8. The molecule has 12 rings (SSSR count). The second kappa shape index (κ2) is 25.6. The zero-order valence-corrected chi connectivity index (χ0v) is 51.8. The number of epoxide rings is 1. The molecule has 4 saturated heterocycles. The van der Waals surface area contributed by atoms with Gasteiger partial charge in [0.25, 0.3) is 0 Å². The highest BCUT2D eigenvalue weighted by molar-refractivity contribution is 6.01. The zero-order valence-electron chi connectivity index (χ0n) is 50.2. The number of nitrogens with zero attached hydrogens (tertiary/aromatic N) is 1. The highest BCUT2D eigenvalue weighted by atomic mass is 79.9. The lowest BCUT2D eigenvalue weighted by Gasteiger charge is -2.59. The van der Waals surface area contributed by atoms with Crippen molar-refractivity contribution in [2.24, 2.45) is 28.6 Å². The minimum absolute atomic E-state index is 0. The average molecular weight is 1230 g/mol. The van der Waals surface area contributed by atoms with Gasteiger partial charge < -0.3 is 76.2 Å². The van der Waals surface area contributed by atoms with Crippen LogP contribution in [0.5, 0.6) is 11.5 Å². The van der Waals surface area contributed by atoms with Crippen LogP contribution in [-0.4, -0.2) is 144 Å². The molecule has 16 nitrogen and oxygen atoms in total. The Morgan fingerprint density at radius 3 is 2.18 bits per heavy atom. The molecule has 3 unspecified atom stereocenters. The number of nitrogens with one attached hydrogen (secondary N) is 2. The number of ketones is 2. The number of hydrogen-bond donors (Lipinski definition) is 6. The van der Waals surface area contributed by atoms with Crippen molar-refractivity contribution in [1.29, 1.82) is 0 Å². The van der Waals surface area contributed by atoms with Crippen molar-refractivity contribution in [3.63, 3.8) is 0 Å². The van der Waals surface area contributed by atoms with E-state index >= 15 is 0 Å². The lowest BCUT2D eigenvalue weighted by Crippen LogP contribution is -3.00. The van der Waals surface area contributed by atoms with E-state index in [0.717, 1.165) is 65.5 Å². The Morgan fingerprint density at radius 1 is 0.929 bits per heavy atom. The van der Waals surface area contributed by atoms with E-state index in [1.165, 1.54) is 11.6 Å². The van der Waals surface area contributed by atoms with Gasteiger partial charge in [0, 0.05) is 42.2 Å². The number of phenolic OH excluding ortho intramolecular Hbond substituents is 1. The highest BCUT2D eigenvalue weighted by Gasteiger charge is 2.76. The number of ether oxygens (including phenoxy) is 5. The fourth-order valence-corrected chi connectivity index (χ4v) is 16.2. The van der Waals surface area contributed by atoms with Gasteiger partial charge >= 0.3 is 5.97 Å². The molecule has 4 aliphatic carbocycles. The van der Waals surface area contributed by atoms with E-state index in [4.69, 9.17) is 23.7 Å². The monoisotopic (exact) mass is 1230 g/mol. The third-order valence-corrected chi connectivity index (χ3v) is 20.8. The van der Waals surface area contributed by atoms with E-state index < -0.39 is 47.6 Å². The number of esters is 1. The Hall–Kier alpha value is -5.60. The van der Waals surface area contributed by atoms with Crippen molar-refractivity contribution >= 4 is 29.6 Å². The number of piperidine rings is 1. The number of Topliss-reactive ketones (excluding diaryl/α,β-unsaturated/α-hetero) is 1. The fourth-order valence-electron chi connectivity index (χ4n) is 16.2. The van der Waals surface area contributed by atoms with Gasteiger partial charge in [-0.05, 0) is 123 Å². The highest BCUT2D eigenvalue weighted by Crippen LogP contribution is 2.70. The van der Waals surface area contributed by atoms with Crippen molar-refractivity contribution in [1.82, 2.24) is 5.32 Å². The molecule has 4 heterocycles. The number of amides is 1. The standard InChI is InChI=1S/C25H34O6.C24H28NO3.C19H24N2O4.BrH/c1-4-5-21-30-20-11-17-16-7-6-14-10-15(27)8-9-23(14,2)22(16)18(28)12-24(17,3)25(20,31-21)19(29)13-26;1-24(16-10-6-4-7-11-16,17-12-8-5-9-13-17)23(26)27-18-14-19-21-22(28-21)20(15-18)25(19,2)3;1-13(9-14-3-6-16(25-2)7-4-14)20-11-19(24)15-5-8-18(23)17(10-15)21-12-22;/h8-10,16-18,20-22,26,28H,4-7,11-13H2,1-3H3;4-13,18-22H,14-15H2,1-3H3;3-8,10,12-13,19-20,23-24H,9,11H2,1-2H3,(H,21,22);1H/q;+1;;/p-1/t16-,17-,18-,20+,21?,22+,23-,24-,25+;18?,19?,20?,21-,22-;13-,19+;/m001./s1. The number of hydrogen-bond acceptors (Lipinski definition) is 14. The van der Waals surface area contributed by atoms with Gasteiger partial charge in [0.15, 0.2) is 23.5 Å². The lowest BCUT2D eigenvalue weighted by molar-refractivity contribution is -0.938. The number of benzene rings is 4. The number of phenols is 1. The van der Waals surface area contributed by atoms with Crippen molar-refractivity contribution in [3.05, 3.63) is 149 Å². The lowest BCUT2D eigenvalue weighted by atomic mass is 9.46. The summed E-state index contributed by atoms with van der Waals surface area (Å²) >= 11 is 0. The Morgan fingerprint density at radius 2 is 1.58 bits per heavy atom. The molecule has 8 aliphatic rings. The average Bonchev–Trinajstić information content (AvgIpc) is 1.62. The summed E-state index contributed by atoms with van der Waals surface area (Å²) in [6.45, 7) is 10.1. The number of anilines is 1. The number of methoxy groups -OCH3 is 1. The van der Waals surface area contributed by atoms with Crippen LogP contribution in [0.25, 0.3) is 0 Å². The van der Waals surface area contributed by atoms with Gasteiger partial charge in [0.1, 0.15) is 53.9 Å². The molecule has 3 saturated carbocycles. The minimum atomic E-state index is -1.20. The number of fused-ring (bicyclic) bond motifs is 12. The summed E-state index contributed by atoms with van der Waals surface area (Å²) in [6.07, 6.45) is 11.3. The third kappa shape index (κ3) is 11.9. The molecule has 0 radical (unpaired) electrons. The molecule has 4 aliphatic heterocycles. The molecule has 0 aromatic heterocycles. The summed E-state index contributed by atoms with van der Waals surface area (Å²) in [5, 5.41) is 47.1. The number of likely N-dealkylation sites (N-methyl/N-ethyl adjacent to an activating group) is 1. The summed E-state index contributed by atoms with van der Waals surface area (Å²) in [6, 6.07) is 33.5. The zero-order chi connectivity index (χ0) is 59.9. The second-order valence-corrected chi connectivity index (χ2v) is 25.8. The Bertz CT molecular complexity index is 3030. The van der Waals surface area contributed by atoms with Crippen molar-refractivity contribution in [3.8, 4) is 11.5 Å². The van der Waals surface area contributed by atoms with Crippen molar-refractivity contribution in [2.75, 3.05) is 39.7 Å². The van der Waals surface area contributed by atoms with E-state index in [2.05, 4.69) is 45.5 Å². The van der Waals surface area contributed by atoms with E-state index in [1.54, 1.807) is 31.4 Å². The Labute approximate surface area is 510 Å². The summed E-state index contributed by atoms with van der Waals surface area (Å²) in [4.78, 5) is 49.3. The van der Waals surface area contributed by atoms with Gasteiger partial charge in [-0.25, -0.2) is 0 Å². The van der Waals surface area contributed by atoms with Crippen LogP contribution in [0, 0.1) is 28.6 Å². The van der Waals surface area contributed by atoms with Gasteiger partial charge in [-0.15, -0.1) is 0 Å². The molecule has 85 heavy (non-hydrogen) atoms. The van der Waals surface area contributed by atoms with Crippen LogP contribution in [0.2, 0.25) is 0 Å². The Balaban J connectivity index is 0.000000153. The molecule has 7 fully saturated rings. The van der Waals surface area contributed by atoms with Crippen LogP contribution in [0.1, 0.15) is 114 Å². The maximum absolute atomic E-state index is 13.6. The summed E-state index contributed by atoms with van der Waals surface area (Å²) in [7, 11) is 6.22. The quantitative estimate of drug-likeness (QED) is 0.0262. The van der Waals surface area contributed by atoms with Gasteiger partial charge in [-0.1, -0.05) is 118 Å². The van der Waals surface area contributed by atoms with Gasteiger partial charge in [0.05, 0.1) is 45.2 Å². The first kappa shape index (κ1) is 63.9. The summed E-state index contributed by atoms with van der Waals surface area (Å²) in [5.41, 5.74) is 2.14. The minimum Gasteiger partial charge on any atom is -1.00 e. The normalized spacial score (nSPS) is 32.9. The number of carbonyl (C=O) groups excluding carboxylic acids is 4. The number of morpholine rings is 1. The molecule has 4 aromatic rings. The first-order chi connectivity index (χ1) is 40.2. The smallest absolute Gasteiger partial charge is 0.321 e. The predicted molar refractivity (Wildman–Crippen MR) is 317 cm³/mol. The van der Waals surface area contributed by atoms with Crippen LogP contribution in [-0.2, 0) is 50.0 Å². The number of quaternary nitrogens is 1.